The quantitative estimate of drug-likeness (QED) is 0.152. The number of hydrogen-bond acceptors (Lipinski definition) is 9. The van der Waals surface area contributed by atoms with E-state index in [0.29, 0.717) is 11.1 Å². The zero-order chi connectivity index (χ0) is 35.1. The van der Waals surface area contributed by atoms with Gasteiger partial charge in [-0.05, 0) is 56.0 Å². The Balaban J connectivity index is 1.40. The van der Waals surface area contributed by atoms with Gasteiger partial charge in [0.05, 0.1) is 58.7 Å². The zero-order valence-electron chi connectivity index (χ0n) is 26.4. The molecule has 3 aromatic carbocycles. The predicted octanol–water partition coefficient (Wildman–Crippen LogP) is 5.55. The van der Waals surface area contributed by atoms with Gasteiger partial charge in [-0.3, -0.25) is 34.2 Å². The average molecular weight is 690 g/mol. The second-order valence-corrected chi connectivity index (χ2v) is 13.2. The Labute approximate surface area is 283 Å². The molecule has 4 amide bonds. The first-order chi connectivity index (χ1) is 23.3. The van der Waals surface area contributed by atoms with Gasteiger partial charge in [0.2, 0.25) is 23.6 Å². The summed E-state index contributed by atoms with van der Waals surface area (Å²) in [5, 5.41) is 21.5. The molecule has 2 heterocycles. The van der Waals surface area contributed by atoms with Gasteiger partial charge in [0.1, 0.15) is 23.1 Å². The topological polar surface area (TPSA) is 157 Å². The first kappa shape index (κ1) is 32.3. The van der Waals surface area contributed by atoms with E-state index >= 15 is 0 Å². The van der Waals surface area contributed by atoms with E-state index in [1.54, 1.807) is 6.92 Å². The van der Waals surface area contributed by atoms with Crippen LogP contribution in [0.4, 0.5) is 21.5 Å². The van der Waals surface area contributed by atoms with Crippen molar-refractivity contribution in [2.24, 2.45) is 29.1 Å². The van der Waals surface area contributed by atoms with Crippen LogP contribution in [0.1, 0.15) is 31.2 Å². The van der Waals surface area contributed by atoms with Gasteiger partial charge in [-0.2, -0.15) is 0 Å². The maximum absolute atomic E-state index is 14.7. The number of hydrogen-bond donors (Lipinski definition) is 1. The maximum atomic E-state index is 14.7. The molecule has 6 atom stereocenters. The molecular weight excluding hydrogens is 661 g/mol. The fraction of sp³-hybridized carbons (Fsp3) is 0.314. The second kappa shape index (κ2) is 11.4. The summed E-state index contributed by atoms with van der Waals surface area (Å²) in [6, 6.07) is 11.4. The molecule has 49 heavy (non-hydrogen) atoms. The number of allylic oxidation sites excluding steroid dienone is 2. The van der Waals surface area contributed by atoms with Gasteiger partial charge >= 0.3 is 0 Å². The van der Waals surface area contributed by atoms with Crippen LogP contribution in [0.15, 0.2) is 66.2 Å². The number of carbonyl (C=O) groups is 4. The number of rotatable bonds is 6. The van der Waals surface area contributed by atoms with Gasteiger partial charge in [0.25, 0.3) is 5.69 Å². The molecule has 3 fully saturated rings. The minimum atomic E-state index is -1.49. The molecule has 14 heteroatoms. The maximum Gasteiger partial charge on any atom is 0.269 e. The molecule has 12 nitrogen and oxygen atoms in total. The van der Waals surface area contributed by atoms with Crippen molar-refractivity contribution in [3.63, 3.8) is 0 Å². The van der Waals surface area contributed by atoms with Gasteiger partial charge in [-0.25, -0.2) is 9.29 Å². The molecule has 0 spiro atoms. The van der Waals surface area contributed by atoms with Gasteiger partial charge in [0, 0.05) is 35.7 Å². The second-order valence-electron chi connectivity index (χ2n) is 12.8. The summed E-state index contributed by atoms with van der Waals surface area (Å²) in [6.07, 6.45) is 2.01. The first-order valence-corrected chi connectivity index (χ1v) is 15.8. The number of methoxy groups -OCH3 is 2. The van der Waals surface area contributed by atoms with Crippen molar-refractivity contribution in [3.05, 3.63) is 92.8 Å². The lowest BCUT2D eigenvalue weighted by atomic mass is 9.51. The van der Waals surface area contributed by atoms with Crippen LogP contribution in [0.2, 0.25) is 5.02 Å². The number of phenols is 1. The molecule has 4 aliphatic rings. The highest BCUT2D eigenvalue weighted by Gasteiger charge is 2.68. The Bertz CT molecular complexity index is 1990. The van der Waals surface area contributed by atoms with Crippen molar-refractivity contribution in [3.8, 4) is 17.2 Å². The summed E-state index contributed by atoms with van der Waals surface area (Å²) in [7, 11) is 2.78. The van der Waals surface area contributed by atoms with E-state index in [-0.39, 0.29) is 52.2 Å². The van der Waals surface area contributed by atoms with E-state index in [9.17, 15) is 38.8 Å². The first-order valence-electron chi connectivity index (χ1n) is 15.4. The summed E-state index contributed by atoms with van der Waals surface area (Å²) < 4.78 is 25.6. The van der Waals surface area contributed by atoms with Crippen LogP contribution in [0, 0.1) is 45.0 Å². The molecule has 0 radical (unpaired) electrons. The summed E-state index contributed by atoms with van der Waals surface area (Å²) in [4.78, 5) is 69.9. The number of nitrogens with zero attached hydrogens (tertiary/aromatic N) is 3. The van der Waals surface area contributed by atoms with E-state index in [4.69, 9.17) is 21.1 Å². The normalized spacial score (nSPS) is 27.4. The largest absolute Gasteiger partial charge is 0.508 e. The smallest absolute Gasteiger partial charge is 0.269 e. The Morgan fingerprint density at radius 2 is 1.55 bits per heavy atom. The molecule has 3 aromatic rings. The number of aromatic hydroxyl groups is 1. The molecular formula is C35H29ClFN3O9. The fourth-order valence-corrected chi connectivity index (χ4v) is 8.56. The van der Waals surface area contributed by atoms with Crippen LogP contribution in [0.25, 0.3) is 0 Å². The van der Waals surface area contributed by atoms with Gasteiger partial charge in [-0.15, -0.1) is 0 Å². The summed E-state index contributed by atoms with van der Waals surface area (Å²) in [6.45, 7) is 1.66. The third kappa shape index (κ3) is 4.55. The number of nitro groups is 1. The van der Waals surface area contributed by atoms with Crippen molar-refractivity contribution >= 4 is 52.3 Å². The molecule has 2 aliphatic carbocycles. The van der Waals surface area contributed by atoms with Crippen molar-refractivity contribution in [2.45, 2.75) is 25.7 Å². The predicted molar refractivity (Wildman–Crippen MR) is 173 cm³/mol. The van der Waals surface area contributed by atoms with Crippen LogP contribution in [0.3, 0.4) is 0 Å². The number of phenolic OH excluding ortho intramolecular Hbond substituents is 1. The highest BCUT2D eigenvalue weighted by Crippen LogP contribution is 2.66. The Morgan fingerprint density at radius 3 is 2.14 bits per heavy atom. The summed E-state index contributed by atoms with van der Waals surface area (Å²) >= 11 is 6.07. The van der Waals surface area contributed by atoms with Crippen molar-refractivity contribution < 1.29 is 43.1 Å². The number of amides is 4. The number of ether oxygens (including phenoxy) is 2. The molecule has 0 aromatic heterocycles. The van der Waals surface area contributed by atoms with Crippen LogP contribution >= 0.6 is 11.6 Å². The number of nitro benzene ring substituents is 1. The van der Waals surface area contributed by atoms with Crippen LogP contribution in [0.5, 0.6) is 17.2 Å². The molecule has 2 saturated heterocycles. The average Bonchev–Trinajstić information content (AvgIpc) is 3.45. The van der Waals surface area contributed by atoms with E-state index < -0.39 is 69.4 Å². The standard InChI is InChI=1S/C35H29ClFN3O9/c1-35-23(32(43)39(34(35)45)18-8-11-25(37)24(36)12-18)15-22-20(30(35)29-26(48-2)13-19(41)14-27(29)49-3)9-10-21-28(22)33(44)38(31(21)42)16-4-6-17(7-5-16)40(46)47/h4-9,11-14,21-23,28,30,41H,10,15H2,1-3H3. The molecule has 1 saturated carbocycles. The third-order valence-corrected chi connectivity index (χ3v) is 10.9. The van der Waals surface area contributed by atoms with Crippen molar-refractivity contribution in [2.75, 3.05) is 24.0 Å². The number of benzene rings is 3. The van der Waals surface area contributed by atoms with E-state index in [1.807, 2.05) is 6.08 Å². The number of non-ortho nitro benzene ring substituents is 1. The van der Waals surface area contributed by atoms with Crippen molar-refractivity contribution in [1.82, 2.24) is 0 Å². The highest BCUT2D eigenvalue weighted by atomic mass is 35.5. The molecule has 252 valence electrons. The number of imide groups is 2. The molecule has 7 rings (SSSR count). The third-order valence-electron chi connectivity index (χ3n) is 10.6. The highest BCUT2D eigenvalue weighted by molar-refractivity contribution is 6.32. The minimum Gasteiger partial charge on any atom is -0.508 e. The van der Waals surface area contributed by atoms with Crippen LogP contribution < -0.4 is 19.3 Å². The zero-order valence-corrected chi connectivity index (χ0v) is 27.1. The number of halogens is 2. The van der Waals surface area contributed by atoms with E-state index in [2.05, 4.69) is 0 Å². The Kier molecular flexibility index (Phi) is 7.51. The molecule has 2 aliphatic heterocycles. The molecule has 1 N–H and O–H groups in total. The van der Waals surface area contributed by atoms with Gasteiger partial charge < -0.3 is 14.6 Å². The lowest BCUT2D eigenvalue weighted by Gasteiger charge is -2.49. The lowest BCUT2D eigenvalue weighted by Crippen LogP contribution is -2.49. The number of anilines is 2. The van der Waals surface area contributed by atoms with E-state index in [1.165, 1.54) is 62.8 Å². The SMILES string of the molecule is COc1cc(O)cc(OC)c1C1C2=CCC3C(=O)N(c4ccc([N+](=O)[O-])cc4)C(=O)C3C2CC2C(=O)N(c3ccc(F)c(Cl)c3)C(=O)C21C. The Morgan fingerprint density at radius 1 is 0.918 bits per heavy atom. The summed E-state index contributed by atoms with van der Waals surface area (Å²) in [5.74, 6) is -7.06. The van der Waals surface area contributed by atoms with Crippen LogP contribution in [-0.2, 0) is 19.2 Å². The number of carbonyl (C=O) groups excluding carboxylic acids is 4. The fourth-order valence-electron chi connectivity index (χ4n) is 8.38. The number of fused-ring (bicyclic) bond motifs is 4. The van der Waals surface area contributed by atoms with Crippen LogP contribution in [-0.4, -0.2) is 47.9 Å². The Hall–Kier alpha value is -5.30. The van der Waals surface area contributed by atoms with E-state index in [0.717, 1.165) is 15.9 Å². The monoisotopic (exact) mass is 689 g/mol. The molecule has 0 bridgehead atoms. The lowest BCUT2D eigenvalue weighted by molar-refractivity contribution is -0.384. The molecule has 6 unspecified atom stereocenters. The van der Waals surface area contributed by atoms with Gasteiger partial charge in [0.15, 0.2) is 0 Å². The summed E-state index contributed by atoms with van der Waals surface area (Å²) in [5.41, 5.74) is -0.433. The minimum absolute atomic E-state index is 0.0336. The van der Waals surface area contributed by atoms with Gasteiger partial charge in [-0.1, -0.05) is 23.3 Å². The van der Waals surface area contributed by atoms with Crippen molar-refractivity contribution in [1.29, 1.82) is 0 Å².